The minimum absolute atomic E-state index is 0.0238. The van der Waals surface area contributed by atoms with E-state index in [1.807, 2.05) is 66.7 Å². The number of carbonyl (C=O) groups is 1. The van der Waals surface area contributed by atoms with E-state index in [0.717, 1.165) is 49.0 Å². The van der Waals surface area contributed by atoms with Crippen molar-refractivity contribution >= 4 is 5.78 Å². The third-order valence-electron chi connectivity index (χ3n) is 8.22. The Morgan fingerprint density at radius 1 is 0.786 bits per heavy atom. The van der Waals surface area contributed by atoms with Crippen molar-refractivity contribution in [1.29, 1.82) is 0 Å². The molecular formula is C36H34O6. The highest BCUT2D eigenvalue weighted by atomic mass is 16.7. The Morgan fingerprint density at radius 3 is 2.21 bits per heavy atom. The van der Waals surface area contributed by atoms with E-state index >= 15 is 0 Å². The fraction of sp³-hybridized carbons (Fsp3) is 0.306. The van der Waals surface area contributed by atoms with Crippen molar-refractivity contribution in [2.24, 2.45) is 0 Å². The molecule has 0 amide bonds. The molecule has 0 saturated carbocycles. The first-order valence-electron chi connectivity index (χ1n) is 14.9. The molecule has 0 bridgehead atoms. The van der Waals surface area contributed by atoms with Gasteiger partial charge in [0.05, 0.1) is 18.6 Å². The van der Waals surface area contributed by atoms with Crippen molar-refractivity contribution in [3.05, 3.63) is 125 Å². The summed E-state index contributed by atoms with van der Waals surface area (Å²) in [6.45, 7) is 1.48. The van der Waals surface area contributed by atoms with E-state index in [1.54, 1.807) is 6.07 Å². The molecule has 4 aromatic carbocycles. The van der Waals surface area contributed by atoms with Gasteiger partial charge >= 0.3 is 5.79 Å². The maximum absolute atomic E-state index is 13.3. The molecule has 3 aliphatic rings. The van der Waals surface area contributed by atoms with Gasteiger partial charge < -0.3 is 23.7 Å². The van der Waals surface area contributed by atoms with Gasteiger partial charge in [0.1, 0.15) is 6.10 Å². The lowest BCUT2D eigenvalue weighted by Crippen LogP contribution is -2.36. The van der Waals surface area contributed by atoms with Crippen LogP contribution in [-0.4, -0.2) is 25.3 Å². The van der Waals surface area contributed by atoms with E-state index in [0.29, 0.717) is 29.4 Å². The van der Waals surface area contributed by atoms with Crippen LogP contribution in [0.15, 0.2) is 97.1 Å². The highest BCUT2D eigenvalue weighted by Gasteiger charge is 2.48. The molecule has 0 spiro atoms. The summed E-state index contributed by atoms with van der Waals surface area (Å²) >= 11 is 0. The van der Waals surface area contributed by atoms with E-state index in [9.17, 15) is 4.79 Å². The molecule has 0 aliphatic carbocycles. The van der Waals surface area contributed by atoms with Crippen molar-refractivity contribution in [3.63, 3.8) is 0 Å². The van der Waals surface area contributed by atoms with Crippen molar-refractivity contribution in [2.75, 3.05) is 13.2 Å². The van der Waals surface area contributed by atoms with Gasteiger partial charge in [-0.3, -0.25) is 4.79 Å². The van der Waals surface area contributed by atoms with Gasteiger partial charge in [-0.1, -0.05) is 84.9 Å². The third kappa shape index (κ3) is 5.17. The number of hydrogen-bond donors (Lipinski definition) is 0. The second kappa shape index (κ2) is 11.6. The van der Waals surface area contributed by atoms with Gasteiger partial charge in [-0.05, 0) is 55.4 Å². The molecule has 0 radical (unpaired) electrons. The van der Waals surface area contributed by atoms with E-state index in [4.69, 9.17) is 23.7 Å². The lowest BCUT2D eigenvalue weighted by Gasteiger charge is -2.29. The number of fused-ring (bicyclic) bond motifs is 3. The van der Waals surface area contributed by atoms with Crippen LogP contribution in [0.3, 0.4) is 0 Å². The summed E-state index contributed by atoms with van der Waals surface area (Å²) in [7, 11) is 0. The van der Waals surface area contributed by atoms with E-state index in [-0.39, 0.29) is 18.5 Å². The maximum atomic E-state index is 13.3. The van der Waals surface area contributed by atoms with Crippen LogP contribution < -0.4 is 14.2 Å². The highest BCUT2D eigenvalue weighted by molar-refractivity contribution is 6.01. The molecule has 6 nitrogen and oxygen atoms in total. The number of ether oxygens (including phenoxy) is 5. The topological polar surface area (TPSA) is 63.2 Å². The molecule has 1 saturated heterocycles. The normalized spacial score (nSPS) is 20.5. The molecule has 7 rings (SSSR count). The van der Waals surface area contributed by atoms with Crippen LogP contribution in [0.4, 0.5) is 0 Å². The fourth-order valence-corrected chi connectivity index (χ4v) is 5.98. The zero-order valence-corrected chi connectivity index (χ0v) is 23.5. The summed E-state index contributed by atoms with van der Waals surface area (Å²) in [6.07, 6.45) is 4.93. The van der Waals surface area contributed by atoms with Crippen molar-refractivity contribution < 1.29 is 28.5 Å². The first-order chi connectivity index (χ1) is 20.7. The minimum atomic E-state index is -1.19. The van der Waals surface area contributed by atoms with Crippen LogP contribution in [0.2, 0.25) is 0 Å². The summed E-state index contributed by atoms with van der Waals surface area (Å²) < 4.78 is 31.3. The number of Topliss-reactive ketones (excluding diaryl/α,β-unsaturated/α-hetero) is 1. The van der Waals surface area contributed by atoms with Gasteiger partial charge in [0.2, 0.25) is 5.75 Å². The molecule has 3 aliphatic heterocycles. The number of carbonyl (C=O) groups excluding carboxylic acids is 1. The molecule has 2 atom stereocenters. The van der Waals surface area contributed by atoms with Gasteiger partial charge in [-0.2, -0.15) is 0 Å². The predicted octanol–water partition coefficient (Wildman–Crippen LogP) is 7.54. The summed E-state index contributed by atoms with van der Waals surface area (Å²) in [6, 6.07) is 31.6. The zero-order chi connectivity index (χ0) is 28.4. The quantitative estimate of drug-likeness (QED) is 0.207. The Hall–Kier alpha value is -4.13. The Balaban J connectivity index is 1.09. The Labute approximate surface area is 246 Å². The van der Waals surface area contributed by atoms with Gasteiger partial charge in [0, 0.05) is 17.7 Å². The van der Waals surface area contributed by atoms with E-state index < -0.39 is 11.9 Å². The Bertz CT molecular complexity index is 1490. The number of aryl methyl sites for hydroxylation is 1. The van der Waals surface area contributed by atoms with Crippen LogP contribution in [0, 0.1) is 0 Å². The standard InChI is InChI=1S/C36H34O6/c37-30-24-32(26-18-16-25(17-19-26)10-9-23-39-33-15-7-8-22-38-33)40-34-29(30)20-21-31-35(34)42-36(41-31,27-11-3-1-4-12-27)28-13-5-2-6-14-28/h1-6,11-14,16-21,32-33H,7-10,15,22-24H2. The molecular weight excluding hydrogens is 528 g/mol. The van der Waals surface area contributed by atoms with Crippen molar-refractivity contribution in [1.82, 2.24) is 0 Å². The first-order valence-corrected chi connectivity index (χ1v) is 14.9. The number of rotatable bonds is 8. The molecule has 0 N–H and O–H groups in total. The summed E-state index contributed by atoms with van der Waals surface area (Å²) in [5, 5.41) is 0. The minimum Gasteiger partial charge on any atom is -0.480 e. The maximum Gasteiger partial charge on any atom is 0.305 e. The van der Waals surface area contributed by atoms with Crippen LogP contribution >= 0.6 is 0 Å². The fourth-order valence-electron chi connectivity index (χ4n) is 5.98. The molecule has 0 aromatic heterocycles. The van der Waals surface area contributed by atoms with Crippen molar-refractivity contribution in [2.45, 2.75) is 56.7 Å². The summed E-state index contributed by atoms with van der Waals surface area (Å²) in [4.78, 5) is 13.3. The molecule has 3 heterocycles. The van der Waals surface area contributed by atoms with Crippen LogP contribution in [0.1, 0.15) is 70.8 Å². The summed E-state index contributed by atoms with van der Waals surface area (Å²) in [5.41, 5.74) is 4.41. The zero-order valence-electron chi connectivity index (χ0n) is 23.5. The largest absolute Gasteiger partial charge is 0.480 e. The number of hydrogen-bond acceptors (Lipinski definition) is 6. The number of ketones is 1. The second-order valence-corrected chi connectivity index (χ2v) is 11.1. The first kappa shape index (κ1) is 26.7. The Kier molecular flexibility index (Phi) is 7.41. The Morgan fingerprint density at radius 2 is 1.52 bits per heavy atom. The number of benzene rings is 4. The average molecular weight is 563 g/mol. The summed E-state index contributed by atoms with van der Waals surface area (Å²) in [5.74, 6) is 0.278. The molecule has 1 fully saturated rings. The molecule has 4 aromatic rings. The molecule has 2 unspecified atom stereocenters. The predicted molar refractivity (Wildman–Crippen MR) is 158 cm³/mol. The molecule has 214 valence electrons. The van der Waals surface area contributed by atoms with E-state index in [1.165, 1.54) is 12.0 Å². The third-order valence-corrected chi connectivity index (χ3v) is 8.22. The van der Waals surface area contributed by atoms with Crippen LogP contribution in [0.25, 0.3) is 0 Å². The van der Waals surface area contributed by atoms with Crippen molar-refractivity contribution in [3.8, 4) is 17.2 Å². The average Bonchev–Trinajstić information content (AvgIpc) is 3.46. The monoisotopic (exact) mass is 562 g/mol. The molecule has 6 heteroatoms. The van der Waals surface area contributed by atoms with Gasteiger partial charge in [0.15, 0.2) is 23.6 Å². The lowest BCUT2D eigenvalue weighted by molar-refractivity contribution is -0.162. The van der Waals surface area contributed by atoms with Gasteiger partial charge in [-0.25, -0.2) is 0 Å². The van der Waals surface area contributed by atoms with E-state index in [2.05, 4.69) is 24.3 Å². The van der Waals surface area contributed by atoms with Crippen LogP contribution in [0.5, 0.6) is 17.2 Å². The smallest absolute Gasteiger partial charge is 0.305 e. The van der Waals surface area contributed by atoms with Gasteiger partial charge in [-0.15, -0.1) is 0 Å². The van der Waals surface area contributed by atoms with Gasteiger partial charge in [0.25, 0.3) is 0 Å². The second-order valence-electron chi connectivity index (χ2n) is 11.1. The lowest BCUT2D eigenvalue weighted by atomic mass is 9.95. The van der Waals surface area contributed by atoms with Crippen LogP contribution in [-0.2, 0) is 21.7 Å². The molecule has 42 heavy (non-hydrogen) atoms. The SMILES string of the molecule is O=C1CC(c2ccc(CCCOC3CCCCO3)cc2)Oc2c1ccc1c2OC(c2ccccc2)(c2ccccc2)O1. The highest BCUT2D eigenvalue weighted by Crippen LogP contribution is 2.55.